The van der Waals surface area contributed by atoms with Crippen LogP contribution in [0.4, 0.5) is 4.39 Å². The Morgan fingerprint density at radius 2 is 1.78 bits per heavy atom. The van der Waals surface area contributed by atoms with Crippen LogP contribution in [0.2, 0.25) is 10.0 Å². The Hall–Kier alpha value is -1.88. The number of aromatic nitrogens is 1. The summed E-state index contributed by atoms with van der Waals surface area (Å²) in [5.74, 6) is -0.0275. The van der Waals surface area contributed by atoms with E-state index >= 15 is 0 Å². The fourth-order valence-corrected chi connectivity index (χ4v) is 4.07. The molecule has 3 nitrogen and oxygen atoms in total. The van der Waals surface area contributed by atoms with Crippen molar-refractivity contribution in [1.82, 2.24) is 9.88 Å². The lowest BCUT2D eigenvalue weighted by Crippen LogP contribution is -2.37. The lowest BCUT2D eigenvalue weighted by Gasteiger charge is -2.32. The molecule has 0 aliphatic carbocycles. The van der Waals surface area contributed by atoms with Crippen molar-refractivity contribution in [3.05, 3.63) is 70.2 Å². The van der Waals surface area contributed by atoms with Crippen LogP contribution in [0.1, 0.15) is 18.4 Å². The summed E-state index contributed by atoms with van der Waals surface area (Å²) in [6.45, 7) is 2.56. The highest BCUT2D eigenvalue weighted by molar-refractivity contribution is 6.34. The maximum Gasteiger partial charge on any atom is 0.165 e. The van der Waals surface area contributed by atoms with E-state index in [-0.39, 0.29) is 11.9 Å². The van der Waals surface area contributed by atoms with Crippen molar-refractivity contribution in [2.45, 2.75) is 25.5 Å². The fourth-order valence-electron chi connectivity index (χ4n) is 3.50. The van der Waals surface area contributed by atoms with Gasteiger partial charge in [-0.3, -0.25) is 9.88 Å². The molecule has 1 fully saturated rings. The molecule has 1 aliphatic heterocycles. The Kier molecular flexibility index (Phi) is 5.48. The molecule has 0 amide bonds. The van der Waals surface area contributed by atoms with E-state index in [4.69, 9.17) is 27.9 Å². The van der Waals surface area contributed by atoms with Gasteiger partial charge in [-0.2, -0.15) is 0 Å². The first-order chi connectivity index (χ1) is 13.1. The second kappa shape index (κ2) is 8.01. The number of hydrogen-bond acceptors (Lipinski definition) is 3. The smallest absolute Gasteiger partial charge is 0.165 e. The standard InChI is InChI=1S/C21H19Cl2FN2O/c22-17-7-14(8-18(23)11-17)13-26-5-2-19(3-6-26)27-21-10-15-1-4-25-12-16(15)9-20(21)24/h1,4,7-12,19H,2-3,5-6,13H2. The van der Waals surface area contributed by atoms with Crippen LogP contribution in [-0.2, 0) is 6.54 Å². The highest BCUT2D eigenvalue weighted by Crippen LogP contribution is 2.28. The number of benzene rings is 2. The Morgan fingerprint density at radius 3 is 2.52 bits per heavy atom. The summed E-state index contributed by atoms with van der Waals surface area (Å²) in [6, 6.07) is 10.7. The summed E-state index contributed by atoms with van der Waals surface area (Å²) in [5.41, 5.74) is 1.10. The van der Waals surface area contributed by atoms with Gasteiger partial charge < -0.3 is 4.74 Å². The van der Waals surface area contributed by atoms with E-state index < -0.39 is 0 Å². The van der Waals surface area contributed by atoms with Gasteiger partial charge in [0.1, 0.15) is 6.10 Å². The molecule has 6 heteroatoms. The van der Waals surface area contributed by atoms with E-state index in [2.05, 4.69) is 9.88 Å². The van der Waals surface area contributed by atoms with Gasteiger partial charge in [0.15, 0.2) is 11.6 Å². The van der Waals surface area contributed by atoms with E-state index in [1.165, 1.54) is 6.07 Å². The predicted octanol–water partition coefficient (Wildman–Crippen LogP) is 5.72. The van der Waals surface area contributed by atoms with E-state index in [0.29, 0.717) is 15.8 Å². The van der Waals surface area contributed by atoms with Gasteiger partial charge in [-0.1, -0.05) is 23.2 Å². The van der Waals surface area contributed by atoms with Gasteiger partial charge in [-0.25, -0.2) is 4.39 Å². The Balaban J connectivity index is 1.37. The summed E-state index contributed by atoms with van der Waals surface area (Å²) < 4.78 is 20.3. The monoisotopic (exact) mass is 404 g/mol. The quantitative estimate of drug-likeness (QED) is 0.555. The van der Waals surface area contributed by atoms with Gasteiger partial charge in [-0.05, 0) is 60.2 Å². The number of piperidine rings is 1. The van der Waals surface area contributed by atoms with Gasteiger partial charge in [0, 0.05) is 47.5 Å². The molecule has 0 spiro atoms. The van der Waals surface area contributed by atoms with E-state index in [0.717, 1.165) is 48.8 Å². The normalized spacial score (nSPS) is 16.0. The third kappa shape index (κ3) is 4.52. The zero-order chi connectivity index (χ0) is 18.8. The van der Waals surface area contributed by atoms with Gasteiger partial charge in [0.25, 0.3) is 0 Å². The topological polar surface area (TPSA) is 25.4 Å². The molecule has 140 valence electrons. The number of pyridine rings is 1. The minimum Gasteiger partial charge on any atom is -0.487 e. The number of nitrogens with zero attached hydrogens (tertiary/aromatic N) is 2. The third-order valence-electron chi connectivity index (χ3n) is 4.85. The molecule has 0 atom stereocenters. The van der Waals surface area contributed by atoms with Crippen molar-refractivity contribution in [2.75, 3.05) is 13.1 Å². The maximum absolute atomic E-state index is 14.3. The maximum atomic E-state index is 14.3. The molecule has 0 saturated carbocycles. The summed E-state index contributed by atoms with van der Waals surface area (Å²) >= 11 is 12.2. The second-order valence-electron chi connectivity index (χ2n) is 6.88. The number of rotatable bonds is 4. The highest BCUT2D eigenvalue weighted by Gasteiger charge is 2.22. The fraction of sp³-hybridized carbons (Fsp3) is 0.286. The van der Waals surface area contributed by atoms with Gasteiger partial charge in [-0.15, -0.1) is 0 Å². The molecule has 4 rings (SSSR count). The summed E-state index contributed by atoms with van der Waals surface area (Å²) in [5, 5.41) is 3.00. The molecule has 3 aromatic rings. The number of halogens is 3. The molecule has 1 saturated heterocycles. The molecule has 0 unspecified atom stereocenters. The van der Waals surface area contributed by atoms with Gasteiger partial charge in [0.05, 0.1) is 0 Å². The summed E-state index contributed by atoms with van der Waals surface area (Å²) in [6.07, 6.45) is 5.07. The van der Waals surface area contributed by atoms with Crippen LogP contribution in [0.5, 0.6) is 5.75 Å². The molecule has 0 radical (unpaired) electrons. The van der Waals surface area contributed by atoms with Gasteiger partial charge in [0.2, 0.25) is 0 Å². The Morgan fingerprint density at radius 1 is 1.04 bits per heavy atom. The molecule has 0 bridgehead atoms. The molecule has 2 aromatic carbocycles. The number of likely N-dealkylation sites (tertiary alicyclic amines) is 1. The van der Waals surface area contributed by atoms with Crippen molar-refractivity contribution in [2.24, 2.45) is 0 Å². The highest BCUT2D eigenvalue weighted by atomic mass is 35.5. The second-order valence-corrected chi connectivity index (χ2v) is 7.75. The van der Waals surface area contributed by atoms with Crippen LogP contribution in [0.15, 0.2) is 48.8 Å². The molecular weight excluding hydrogens is 386 g/mol. The minimum absolute atomic E-state index is 0.0120. The lowest BCUT2D eigenvalue weighted by atomic mass is 10.1. The first-order valence-electron chi connectivity index (χ1n) is 8.94. The Labute approximate surface area is 167 Å². The SMILES string of the molecule is Fc1cc2cnccc2cc1OC1CCN(Cc2cc(Cl)cc(Cl)c2)CC1. The zero-order valence-corrected chi connectivity index (χ0v) is 16.2. The van der Waals surface area contributed by atoms with E-state index in [1.54, 1.807) is 24.5 Å². The van der Waals surface area contributed by atoms with Gasteiger partial charge >= 0.3 is 0 Å². The first kappa shape index (κ1) is 18.5. The first-order valence-corrected chi connectivity index (χ1v) is 9.70. The largest absolute Gasteiger partial charge is 0.487 e. The molecular formula is C21H19Cl2FN2O. The van der Waals surface area contributed by atoms with Crippen molar-refractivity contribution >= 4 is 34.0 Å². The summed E-state index contributed by atoms with van der Waals surface area (Å²) in [7, 11) is 0. The summed E-state index contributed by atoms with van der Waals surface area (Å²) in [4.78, 5) is 6.36. The average Bonchev–Trinajstić information content (AvgIpc) is 2.63. The Bertz CT molecular complexity index is 938. The van der Waals surface area contributed by atoms with Crippen LogP contribution in [-0.4, -0.2) is 29.1 Å². The third-order valence-corrected chi connectivity index (χ3v) is 5.28. The van der Waals surface area contributed by atoms with Crippen molar-refractivity contribution in [3.63, 3.8) is 0 Å². The molecule has 1 aromatic heterocycles. The average molecular weight is 405 g/mol. The van der Waals surface area contributed by atoms with Crippen LogP contribution >= 0.6 is 23.2 Å². The molecule has 27 heavy (non-hydrogen) atoms. The van der Waals surface area contributed by atoms with Crippen molar-refractivity contribution in [3.8, 4) is 5.75 Å². The predicted molar refractivity (Wildman–Crippen MR) is 107 cm³/mol. The van der Waals surface area contributed by atoms with Crippen molar-refractivity contribution < 1.29 is 9.13 Å². The molecule has 2 heterocycles. The van der Waals surface area contributed by atoms with Crippen LogP contribution in [0, 0.1) is 5.82 Å². The van der Waals surface area contributed by atoms with Crippen molar-refractivity contribution in [1.29, 1.82) is 0 Å². The van der Waals surface area contributed by atoms with Crippen LogP contribution in [0.3, 0.4) is 0 Å². The molecule has 0 N–H and O–H groups in total. The van der Waals surface area contributed by atoms with E-state index in [9.17, 15) is 4.39 Å². The number of ether oxygens (including phenoxy) is 1. The minimum atomic E-state index is -0.341. The lowest BCUT2D eigenvalue weighted by molar-refractivity contribution is 0.0937. The van der Waals surface area contributed by atoms with Crippen LogP contribution in [0.25, 0.3) is 10.8 Å². The zero-order valence-electron chi connectivity index (χ0n) is 14.7. The number of fused-ring (bicyclic) bond motifs is 1. The van der Waals surface area contributed by atoms with Crippen LogP contribution < -0.4 is 4.74 Å². The number of hydrogen-bond donors (Lipinski definition) is 0. The van der Waals surface area contributed by atoms with E-state index in [1.807, 2.05) is 18.2 Å². The molecule has 1 aliphatic rings.